The summed E-state index contributed by atoms with van der Waals surface area (Å²) >= 11 is 0. The monoisotopic (exact) mass is 197 g/mol. The Balaban J connectivity index is 2.28. The van der Waals surface area contributed by atoms with Crippen molar-refractivity contribution < 1.29 is 0 Å². The second kappa shape index (κ2) is 5.16. The molecule has 0 amide bonds. The highest BCUT2D eigenvalue weighted by Crippen LogP contribution is 2.37. The zero-order chi connectivity index (χ0) is 10.6. The lowest BCUT2D eigenvalue weighted by Gasteiger charge is -2.33. The molecule has 0 bridgehead atoms. The molecule has 0 radical (unpaired) electrons. The van der Waals surface area contributed by atoms with Gasteiger partial charge in [-0.05, 0) is 43.1 Å². The van der Waals surface area contributed by atoms with E-state index in [2.05, 4.69) is 20.8 Å². The van der Waals surface area contributed by atoms with Gasteiger partial charge in [-0.2, -0.15) is 0 Å². The number of rotatable bonds is 4. The van der Waals surface area contributed by atoms with Crippen molar-refractivity contribution in [2.24, 2.45) is 23.0 Å². The fraction of sp³-hybridized carbons (Fsp3) is 1.00. The summed E-state index contributed by atoms with van der Waals surface area (Å²) in [5, 5.41) is 0. The molecule has 0 aromatic heterocycles. The normalized spacial score (nSPS) is 29.1. The van der Waals surface area contributed by atoms with Crippen LogP contribution in [-0.2, 0) is 0 Å². The third-order valence-electron chi connectivity index (χ3n) is 4.10. The van der Waals surface area contributed by atoms with Crippen LogP contribution in [0, 0.1) is 17.3 Å². The van der Waals surface area contributed by atoms with Gasteiger partial charge in [0.15, 0.2) is 0 Å². The van der Waals surface area contributed by atoms with Crippen molar-refractivity contribution in [3.8, 4) is 0 Å². The fourth-order valence-corrected chi connectivity index (χ4v) is 2.60. The predicted octanol–water partition coefficient (Wildman–Crippen LogP) is 3.58. The molecule has 0 saturated heterocycles. The summed E-state index contributed by atoms with van der Waals surface area (Å²) in [4.78, 5) is 0. The van der Waals surface area contributed by atoms with E-state index in [0.29, 0.717) is 5.41 Å². The molecule has 0 aliphatic heterocycles. The van der Waals surface area contributed by atoms with E-state index < -0.39 is 0 Å². The van der Waals surface area contributed by atoms with Gasteiger partial charge in [0.25, 0.3) is 0 Å². The molecule has 1 rings (SSSR count). The molecule has 0 atom stereocenters. The van der Waals surface area contributed by atoms with E-state index >= 15 is 0 Å². The first-order chi connectivity index (χ1) is 6.57. The van der Waals surface area contributed by atoms with Gasteiger partial charge in [0.05, 0.1) is 0 Å². The lowest BCUT2D eigenvalue weighted by molar-refractivity contribution is 0.190. The zero-order valence-electron chi connectivity index (χ0n) is 10.2. The Hall–Kier alpha value is -0.0400. The minimum absolute atomic E-state index is 0.556. The van der Waals surface area contributed by atoms with Gasteiger partial charge < -0.3 is 5.73 Å². The first kappa shape index (κ1) is 12.0. The van der Waals surface area contributed by atoms with Gasteiger partial charge in [-0.25, -0.2) is 0 Å². The topological polar surface area (TPSA) is 26.0 Å². The molecule has 0 spiro atoms. The van der Waals surface area contributed by atoms with Crippen molar-refractivity contribution in [2.75, 3.05) is 6.54 Å². The minimum Gasteiger partial charge on any atom is -0.330 e. The average Bonchev–Trinajstić information content (AvgIpc) is 2.19. The van der Waals surface area contributed by atoms with Crippen LogP contribution < -0.4 is 5.73 Å². The van der Waals surface area contributed by atoms with Gasteiger partial charge in [-0.3, -0.25) is 0 Å². The summed E-state index contributed by atoms with van der Waals surface area (Å²) in [5.74, 6) is 1.81. The van der Waals surface area contributed by atoms with E-state index in [-0.39, 0.29) is 0 Å². The van der Waals surface area contributed by atoms with E-state index in [0.717, 1.165) is 18.4 Å². The summed E-state index contributed by atoms with van der Waals surface area (Å²) < 4.78 is 0. The fourth-order valence-electron chi connectivity index (χ4n) is 2.60. The molecule has 84 valence electrons. The highest BCUT2D eigenvalue weighted by Gasteiger charge is 2.25. The molecule has 0 heterocycles. The first-order valence-electron chi connectivity index (χ1n) is 6.27. The second-order valence-electron chi connectivity index (χ2n) is 5.84. The Labute approximate surface area is 89.5 Å². The summed E-state index contributed by atoms with van der Waals surface area (Å²) in [5.41, 5.74) is 6.26. The number of hydrogen-bond donors (Lipinski definition) is 1. The smallest absolute Gasteiger partial charge is 0.00489 e. The van der Waals surface area contributed by atoms with E-state index in [9.17, 15) is 0 Å². The Kier molecular flexibility index (Phi) is 4.43. The Morgan fingerprint density at radius 3 is 2.00 bits per heavy atom. The van der Waals surface area contributed by atoms with Crippen LogP contribution in [0.15, 0.2) is 0 Å². The summed E-state index contributed by atoms with van der Waals surface area (Å²) in [6.07, 6.45) is 8.32. The molecule has 1 aliphatic rings. The summed E-state index contributed by atoms with van der Waals surface area (Å²) in [6, 6.07) is 0. The highest BCUT2D eigenvalue weighted by atomic mass is 14.5. The minimum atomic E-state index is 0.556. The maximum atomic E-state index is 5.70. The van der Waals surface area contributed by atoms with Gasteiger partial charge >= 0.3 is 0 Å². The summed E-state index contributed by atoms with van der Waals surface area (Å²) in [7, 11) is 0. The van der Waals surface area contributed by atoms with Crippen LogP contribution in [0.4, 0.5) is 0 Å². The molecular weight excluding hydrogens is 170 g/mol. The lowest BCUT2D eigenvalue weighted by Crippen LogP contribution is -2.24. The van der Waals surface area contributed by atoms with E-state index in [4.69, 9.17) is 5.73 Å². The molecule has 1 saturated carbocycles. The molecule has 1 fully saturated rings. The molecule has 1 nitrogen and oxygen atoms in total. The summed E-state index contributed by atoms with van der Waals surface area (Å²) in [6.45, 7) is 8.03. The third kappa shape index (κ3) is 3.61. The Bertz CT molecular complexity index is 155. The van der Waals surface area contributed by atoms with Crippen LogP contribution in [0.5, 0.6) is 0 Å². The van der Waals surface area contributed by atoms with Crippen molar-refractivity contribution in [2.45, 2.75) is 59.3 Å². The van der Waals surface area contributed by atoms with Crippen molar-refractivity contribution in [3.63, 3.8) is 0 Å². The molecule has 1 aliphatic carbocycles. The standard InChI is InChI=1S/C13H27N/c1-4-13(2,3)9-11-5-7-12(10-14)8-6-11/h11-12H,4-10,14H2,1-3H3. The molecular formula is C13H27N. The molecule has 0 aromatic carbocycles. The van der Waals surface area contributed by atoms with Crippen molar-refractivity contribution >= 4 is 0 Å². The Morgan fingerprint density at radius 2 is 1.57 bits per heavy atom. The van der Waals surface area contributed by atoms with Crippen LogP contribution in [0.1, 0.15) is 59.3 Å². The van der Waals surface area contributed by atoms with Gasteiger partial charge in [-0.15, -0.1) is 0 Å². The van der Waals surface area contributed by atoms with Crippen molar-refractivity contribution in [1.82, 2.24) is 0 Å². The Morgan fingerprint density at radius 1 is 1.07 bits per heavy atom. The van der Waals surface area contributed by atoms with Gasteiger partial charge in [0.1, 0.15) is 0 Å². The number of hydrogen-bond acceptors (Lipinski definition) is 1. The largest absolute Gasteiger partial charge is 0.330 e. The maximum absolute atomic E-state index is 5.70. The average molecular weight is 197 g/mol. The van der Waals surface area contributed by atoms with Crippen molar-refractivity contribution in [3.05, 3.63) is 0 Å². The predicted molar refractivity (Wildman–Crippen MR) is 63.2 cm³/mol. The molecule has 1 heteroatoms. The van der Waals surface area contributed by atoms with E-state index in [1.807, 2.05) is 0 Å². The molecule has 2 N–H and O–H groups in total. The van der Waals surface area contributed by atoms with Crippen LogP contribution in [0.2, 0.25) is 0 Å². The van der Waals surface area contributed by atoms with E-state index in [1.54, 1.807) is 0 Å². The number of nitrogens with two attached hydrogens (primary N) is 1. The van der Waals surface area contributed by atoms with Crippen LogP contribution in [0.25, 0.3) is 0 Å². The second-order valence-corrected chi connectivity index (χ2v) is 5.84. The van der Waals surface area contributed by atoms with Crippen molar-refractivity contribution in [1.29, 1.82) is 0 Å². The van der Waals surface area contributed by atoms with Gasteiger partial charge in [0, 0.05) is 0 Å². The van der Waals surface area contributed by atoms with Crippen LogP contribution >= 0.6 is 0 Å². The zero-order valence-corrected chi connectivity index (χ0v) is 10.2. The van der Waals surface area contributed by atoms with Gasteiger partial charge in [0.2, 0.25) is 0 Å². The SMILES string of the molecule is CCC(C)(C)CC1CCC(CN)CC1. The van der Waals surface area contributed by atoms with Gasteiger partial charge in [-0.1, -0.05) is 40.0 Å². The van der Waals surface area contributed by atoms with Crippen LogP contribution in [0.3, 0.4) is 0 Å². The quantitative estimate of drug-likeness (QED) is 0.732. The first-order valence-corrected chi connectivity index (χ1v) is 6.27. The maximum Gasteiger partial charge on any atom is -0.00489 e. The molecule has 14 heavy (non-hydrogen) atoms. The molecule has 0 unspecified atom stereocenters. The van der Waals surface area contributed by atoms with E-state index in [1.165, 1.54) is 38.5 Å². The molecule has 0 aromatic rings. The lowest BCUT2D eigenvalue weighted by atomic mass is 9.73. The van der Waals surface area contributed by atoms with Crippen LogP contribution in [-0.4, -0.2) is 6.54 Å². The third-order valence-corrected chi connectivity index (χ3v) is 4.10. The highest BCUT2D eigenvalue weighted by molar-refractivity contribution is 4.78.